The standard InChI is InChI=1S/C12H15N3O4S2/c16-15(17)11-3-1-2-10(6-11)14-12(20)13-7-9-4-5-21(18,19)8-9/h1-3,6,9H,4-5,7-8H2,(H2,13,14,20). The van der Waals surface area contributed by atoms with Gasteiger partial charge in [0.2, 0.25) is 0 Å². The molecule has 0 amide bonds. The minimum atomic E-state index is -2.90. The molecular formula is C12H15N3O4S2. The van der Waals surface area contributed by atoms with E-state index >= 15 is 0 Å². The van der Waals surface area contributed by atoms with Gasteiger partial charge in [-0.2, -0.15) is 0 Å². The van der Waals surface area contributed by atoms with Crippen LogP contribution < -0.4 is 10.6 Å². The monoisotopic (exact) mass is 329 g/mol. The molecule has 0 radical (unpaired) electrons. The van der Waals surface area contributed by atoms with Crippen LogP contribution in [0.3, 0.4) is 0 Å². The first-order chi connectivity index (χ1) is 9.85. The number of rotatable bonds is 4. The van der Waals surface area contributed by atoms with Crippen molar-refractivity contribution in [3.8, 4) is 0 Å². The first-order valence-electron chi connectivity index (χ1n) is 6.35. The number of anilines is 1. The van der Waals surface area contributed by atoms with Gasteiger partial charge in [-0.05, 0) is 30.6 Å². The summed E-state index contributed by atoms with van der Waals surface area (Å²) in [5, 5.41) is 16.8. The zero-order chi connectivity index (χ0) is 15.5. The Morgan fingerprint density at radius 1 is 1.48 bits per heavy atom. The molecule has 1 saturated heterocycles. The van der Waals surface area contributed by atoms with Crippen molar-refractivity contribution in [1.29, 1.82) is 0 Å². The summed E-state index contributed by atoms with van der Waals surface area (Å²) < 4.78 is 22.7. The molecule has 1 heterocycles. The van der Waals surface area contributed by atoms with Crippen molar-refractivity contribution in [2.75, 3.05) is 23.4 Å². The smallest absolute Gasteiger partial charge is 0.271 e. The first kappa shape index (κ1) is 15.6. The minimum absolute atomic E-state index is 0.0234. The van der Waals surface area contributed by atoms with Gasteiger partial charge in [0.1, 0.15) is 0 Å². The molecular weight excluding hydrogens is 314 g/mol. The molecule has 1 aliphatic heterocycles. The topological polar surface area (TPSA) is 101 Å². The average Bonchev–Trinajstić information content (AvgIpc) is 2.76. The molecule has 114 valence electrons. The highest BCUT2D eigenvalue weighted by Gasteiger charge is 2.27. The van der Waals surface area contributed by atoms with Crippen LogP contribution in [-0.4, -0.2) is 36.5 Å². The Balaban J connectivity index is 1.85. The average molecular weight is 329 g/mol. The summed E-state index contributed by atoms with van der Waals surface area (Å²) in [5.74, 6) is 0.462. The highest BCUT2D eigenvalue weighted by Crippen LogP contribution is 2.18. The van der Waals surface area contributed by atoms with Crippen LogP contribution in [0.4, 0.5) is 11.4 Å². The van der Waals surface area contributed by atoms with E-state index in [9.17, 15) is 18.5 Å². The molecule has 1 aromatic rings. The number of sulfone groups is 1. The van der Waals surface area contributed by atoms with E-state index in [1.54, 1.807) is 12.1 Å². The summed E-state index contributed by atoms with van der Waals surface area (Å²) in [4.78, 5) is 10.2. The third-order valence-electron chi connectivity index (χ3n) is 3.19. The Labute approximate surface area is 127 Å². The van der Waals surface area contributed by atoms with Crippen molar-refractivity contribution in [3.63, 3.8) is 0 Å². The van der Waals surface area contributed by atoms with Crippen molar-refractivity contribution < 1.29 is 13.3 Å². The van der Waals surface area contributed by atoms with Crippen molar-refractivity contribution >= 4 is 38.5 Å². The summed E-state index contributed by atoms with van der Waals surface area (Å²) in [6.07, 6.45) is 0.634. The molecule has 9 heteroatoms. The second kappa shape index (κ2) is 6.35. The third kappa shape index (κ3) is 4.64. The molecule has 1 fully saturated rings. The van der Waals surface area contributed by atoms with Gasteiger partial charge in [-0.25, -0.2) is 8.42 Å². The SMILES string of the molecule is O=[N+]([O-])c1cccc(NC(=S)NCC2CCS(=O)(=O)C2)c1. The maximum Gasteiger partial charge on any atom is 0.271 e. The van der Waals surface area contributed by atoms with Crippen LogP contribution in [-0.2, 0) is 9.84 Å². The van der Waals surface area contributed by atoms with Gasteiger partial charge < -0.3 is 10.6 Å². The van der Waals surface area contributed by atoms with E-state index in [1.165, 1.54) is 12.1 Å². The Bertz CT molecular complexity index is 660. The summed E-state index contributed by atoms with van der Waals surface area (Å²) in [7, 11) is -2.90. The van der Waals surface area contributed by atoms with E-state index in [0.717, 1.165) is 0 Å². The quantitative estimate of drug-likeness (QED) is 0.488. The van der Waals surface area contributed by atoms with Crippen molar-refractivity contribution in [2.45, 2.75) is 6.42 Å². The minimum Gasteiger partial charge on any atom is -0.362 e. The van der Waals surface area contributed by atoms with Gasteiger partial charge in [-0.15, -0.1) is 0 Å². The fourth-order valence-electron chi connectivity index (χ4n) is 2.14. The Hall–Kier alpha value is -1.74. The number of thiocarbonyl (C=S) groups is 1. The summed E-state index contributed by atoms with van der Waals surface area (Å²) >= 11 is 5.10. The number of hydrogen-bond donors (Lipinski definition) is 2. The Morgan fingerprint density at radius 2 is 2.24 bits per heavy atom. The zero-order valence-electron chi connectivity index (χ0n) is 11.1. The lowest BCUT2D eigenvalue weighted by Crippen LogP contribution is -2.33. The van der Waals surface area contributed by atoms with Crippen LogP contribution in [0.5, 0.6) is 0 Å². The molecule has 0 aromatic heterocycles. The van der Waals surface area contributed by atoms with Gasteiger partial charge in [-0.1, -0.05) is 6.07 Å². The van der Waals surface area contributed by atoms with Gasteiger partial charge in [0.05, 0.1) is 16.4 Å². The van der Waals surface area contributed by atoms with E-state index in [1.807, 2.05) is 0 Å². The molecule has 2 N–H and O–H groups in total. The van der Waals surface area contributed by atoms with E-state index in [0.29, 0.717) is 23.8 Å². The van der Waals surface area contributed by atoms with Gasteiger partial charge in [0, 0.05) is 24.4 Å². The number of nitrogens with zero attached hydrogens (tertiary/aromatic N) is 1. The second-order valence-electron chi connectivity index (χ2n) is 4.91. The lowest BCUT2D eigenvalue weighted by atomic mass is 10.1. The van der Waals surface area contributed by atoms with E-state index in [-0.39, 0.29) is 23.1 Å². The summed E-state index contributed by atoms with van der Waals surface area (Å²) in [6, 6.07) is 6.01. The van der Waals surface area contributed by atoms with Crippen LogP contribution in [0, 0.1) is 16.0 Å². The molecule has 21 heavy (non-hydrogen) atoms. The largest absolute Gasteiger partial charge is 0.362 e. The normalized spacial score (nSPS) is 19.9. The van der Waals surface area contributed by atoms with E-state index in [2.05, 4.69) is 10.6 Å². The van der Waals surface area contributed by atoms with Crippen LogP contribution in [0.25, 0.3) is 0 Å². The molecule has 0 spiro atoms. The van der Waals surface area contributed by atoms with Crippen LogP contribution in [0.1, 0.15) is 6.42 Å². The predicted octanol–water partition coefficient (Wildman–Crippen LogP) is 1.32. The first-order valence-corrected chi connectivity index (χ1v) is 8.58. The molecule has 0 aliphatic carbocycles. The summed E-state index contributed by atoms with van der Waals surface area (Å²) in [5.41, 5.74) is 0.491. The Kier molecular flexibility index (Phi) is 4.73. The van der Waals surface area contributed by atoms with Gasteiger partial charge in [0.15, 0.2) is 14.9 Å². The number of nitro groups is 1. The number of nitrogens with one attached hydrogen (secondary N) is 2. The van der Waals surface area contributed by atoms with Gasteiger partial charge in [0.25, 0.3) is 5.69 Å². The highest BCUT2D eigenvalue weighted by molar-refractivity contribution is 7.91. The molecule has 0 bridgehead atoms. The van der Waals surface area contributed by atoms with Crippen LogP contribution in [0.2, 0.25) is 0 Å². The van der Waals surface area contributed by atoms with Gasteiger partial charge >= 0.3 is 0 Å². The van der Waals surface area contributed by atoms with E-state index in [4.69, 9.17) is 12.2 Å². The maximum absolute atomic E-state index is 11.3. The summed E-state index contributed by atoms with van der Waals surface area (Å²) in [6.45, 7) is 0.472. The van der Waals surface area contributed by atoms with Crippen molar-refractivity contribution in [1.82, 2.24) is 5.32 Å². The molecule has 1 aliphatic rings. The lowest BCUT2D eigenvalue weighted by Gasteiger charge is -2.13. The maximum atomic E-state index is 11.3. The van der Waals surface area contributed by atoms with Crippen molar-refractivity contribution in [3.05, 3.63) is 34.4 Å². The molecule has 1 aromatic carbocycles. The number of benzene rings is 1. The Morgan fingerprint density at radius 3 is 2.86 bits per heavy atom. The fraction of sp³-hybridized carbons (Fsp3) is 0.417. The second-order valence-corrected chi connectivity index (χ2v) is 7.55. The van der Waals surface area contributed by atoms with Crippen LogP contribution in [0.15, 0.2) is 24.3 Å². The molecule has 1 unspecified atom stereocenters. The highest BCUT2D eigenvalue weighted by atomic mass is 32.2. The predicted molar refractivity (Wildman–Crippen MR) is 84.1 cm³/mol. The molecule has 1 atom stereocenters. The molecule has 0 saturated carbocycles. The third-order valence-corrected chi connectivity index (χ3v) is 5.28. The van der Waals surface area contributed by atoms with Crippen molar-refractivity contribution in [2.24, 2.45) is 5.92 Å². The zero-order valence-corrected chi connectivity index (χ0v) is 12.7. The van der Waals surface area contributed by atoms with Crippen LogP contribution >= 0.6 is 12.2 Å². The fourth-order valence-corrected chi connectivity index (χ4v) is 4.21. The number of non-ortho nitro benzene ring substituents is 1. The van der Waals surface area contributed by atoms with E-state index < -0.39 is 14.8 Å². The molecule has 7 nitrogen and oxygen atoms in total. The molecule has 2 rings (SSSR count). The number of nitro benzene ring substituents is 1. The lowest BCUT2D eigenvalue weighted by molar-refractivity contribution is -0.384. The number of hydrogen-bond acceptors (Lipinski definition) is 5. The van der Waals surface area contributed by atoms with Gasteiger partial charge in [-0.3, -0.25) is 10.1 Å².